The SMILES string of the molecule is COc1cccc(C=CS(=O)(=O)NC2CC3CC(C=CCCCC(=O)O)C2C3)c1. The molecule has 2 aliphatic rings. The maximum Gasteiger partial charge on any atom is 0.303 e. The van der Waals surface area contributed by atoms with E-state index in [9.17, 15) is 13.2 Å². The molecule has 0 heterocycles. The average Bonchev–Trinajstić information content (AvgIpc) is 3.25. The summed E-state index contributed by atoms with van der Waals surface area (Å²) in [6, 6.07) is 7.21. The molecule has 2 fully saturated rings. The summed E-state index contributed by atoms with van der Waals surface area (Å²) in [6.07, 6.45) is 10.4. The number of aliphatic carboxylic acids is 1. The third-order valence-electron chi connectivity index (χ3n) is 5.86. The Kier molecular flexibility index (Phi) is 7.14. The number of sulfonamides is 1. The second-order valence-electron chi connectivity index (χ2n) is 7.96. The number of carbonyl (C=O) groups is 1. The molecule has 2 N–H and O–H groups in total. The van der Waals surface area contributed by atoms with Gasteiger partial charge in [0.05, 0.1) is 7.11 Å². The zero-order chi connectivity index (χ0) is 20.9. The van der Waals surface area contributed by atoms with E-state index in [-0.39, 0.29) is 12.5 Å². The van der Waals surface area contributed by atoms with Crippen LogP contribution in [0.2, 0.25) is 0 Å². The first-order chi connectivity index (χ1) is 13.9. The molecule has 0 saturated heterocycles. The molecule has 2 bridgehead atoms. The number of carboxylic acids is 1. The molecule has 7 heteroatoms. The summed E-state index contributed by atoms with van der Waals surface area (Å²) in [6.45, 7) is 0. The van der Waals surface area contributed by atoms with Crippen LogP contribution in [0, 0.1) is 17.8 Å². The molecular weight excluding hydrogens is 390 g/mol. The fourth-order valence-corrected chi connectivity index (χ4v) is 5.68. The second-order valence-corrected chi connectivity index (χ2v) is 9.56. The fraction of sp³-hybridized carbons (Fsp3) is 0.500. The molecule has 0 aliphatic heterocycles. The number of hydrogen-bond donors (Lipinski definition) is 2. The maximum atomic E-state index is 12.6. The standard InChI is InChI=1S/C22H29NO5S/c1-28-19-8-5-6-16(13-19)10-11-29(26,27)23-21-15-17-12-18(20(21)14-17)7-3-2-4-9-22(24)25/h3,5-8,10-11,13,17-18,20-21,23H,2,4,9,12,14-15H2,1H3,(H,24,25). The molecule has 158 valence electrons. The number of fused-ring (bicyclic) bond motifs is 2. The Morgan fingerprint density at radius 3 is 2.86 bits per heavy atom. The van der Waals surface area contributed by atoms with Crippen LogP contribution in [0.3, 0.4) is 0 Å². The third kappa shape index (κ3) is 6.18. The normalized spacial score (nSPS) is 26.5. The minimum absolute atomic E-state index is 0.0395. The van der Waals surface area contributed by atoms with Crippen LogP contribution in [0.15, 0.2) is 41.8 Å². The van der Waals surface area contributed by atoms with Gasteiger partial charge in [-0.2, -0.15) is 0 Å². The molecule has 4 unspecified atom stereocenters. The summed E-state index contributed by atoms with van der Waals surface area (Å²) in [7, 11) is -1.95. The van der Waals surface area contributed by atoms with Crippen LogP contribution in [-0.2, 0) is 14.8 Å². The highest BCUT2D eigenvalue weighted by Crippen LogP contribution is 2.49. The molecule has 29 heavy (non-hydrogen) atoms. The summed E-state index contributed by atoms with van der Waals surface area (Å²) in [5.41, 5.74) is 0.768. The van der Waals surface area contributed by atoms with Gasteiger partial charge in [0.15, 0.2) is 0 Å². The van der Waals surface area contributed by atoms with Crippen molar-refractivity contribution in [1.82, 2.24) is 4.72 Å². The van der Waals surface area contributed by atoms with E-state index in [1.807, 2.05) is 18.2 Å². The maximum absolute atomic E-state index is 12.6. The van der Waals surface area contributed by atoms with Gasteiger partial charge in [-0.1, -0.05) is 24.3 Å². The van der Waals surface area contributed by atoms with Crippen molar-refractivity contribution in [2.75, 3.05) is 7.11 Å². The summed E-state index contributed by atoms with van der Waals surface area (Å²) >= 11 is 0. The lowest BCUT2D eigenvalue weighted by atomic mass is 9.85. The fourth-order valence-electron chi connectivity index (χ4n) is 4.57. The molecule has 0 amide bonds. The van der Waals surface area contributed by atoms with Gasteiger partial charge in [-0.3, -0.25) is 4.79 Å². The smallest absolute Gasteiger partial charge is 0.303 e. The Bertz CT molecular complexity index is 877. The Hall–Kier alpha value is -2.12. The van der Waals surface area contributed by atoms with Gasteiger partial charge in [-0.05, 0) is 73.6 Å². The van der Waals surface area contributed by atoms with E-state index in [4.69, 9.17) is 9.84 Å². The Balaban J connectivity index is 1.56. The van der Waals surface area contributed by atoms with Gasteiger partial charge in [0.25, 0.3) is 0 Å². The van der Waals surface area contributed by atoms with E-state index >= 15 is 0 Å². The summed E-state index contributed by atoms with van der Waals surface area (Å²) < 4.78 is 33.2. The van der Waals surface area contributed by atoms with Gasteiger partial charge in [0, 0.05) is 17.9 Å². The third-order valence-corrected chi connectivity index (χ3v) is 6.98. The lowest BCUT2D eigenvalue weighted by Gasteiger charge is -2.27. The van der Waals surface area contributed by atoms with Crippen molar-refractivity contribution in [2.45, 2.75) is 44.6 Å². The van der Waals surface area contributed by atoms with Crippen LogP contribution in [0.25, 0.3) is 6.08 Å². The number of rotatable bonds is 10. The van der Waals surface area contributed by atoms with Gasteiger partial charge in [0.1, 0.15) is 5.75 Å². The van der Waals surface area contributed by atoms with Crippen molar-refractivity contribution in [3.63, 3.8) is 0 Å². The summed E-state index contributed by atoms with van der Waals surface area (Å²) in [4.78, 5) is 10.6. The van der Waals surface area contributed by atoms with Crippen LogP contribution < -0.4 is 9.46 Å². The number of unbranched alkanes of at least 4 members (excludes halogenated alkanes) is 1. The van der Waals surface area contributed by atoms with Crippen LogP contribution >= 0.6 is 0 Å². The molecule has 4 atom stereocenters. The molecule has 1 aromatic carbocycles. The number of benzene rings is 1. The van der Waals surface area contributed by atoms with Crippen LogP contribution in [0.4, 0.5) is 0 Å². The molecule has 0 radical (unpaired) electrons. The van der Waals surface area contributed by atoms with Crippen molar-refractivity contribution in [3.8, 4) is 5.75 Å². The van der Waals surface area contributed by atoms with Gasteiger partial charge in [-0.15, -0.1) is 0 Å². The molecule has 6 nitrogen and oxygen atoms in total. The molecule has 2 saturated carbocycles. The van der Waals surface area contributed by atoms with Crippen LogP contribution in [-0.4, -0.2) is 32.6 Å². The number of allylic oxidation sites excluding steroid dienone is 2. The van der Waals surface area contributed by atoms with Crippen molar-refractivity contribution in [3.05, 3.63) is 47.4 Å². The highest BCUT2D eigenvalue weighted by molar-refractivity contribution is 7.92. The predicted octanol–water partition coefficient (Wildman–Crippen LogP) is 3.81. The van der Waals surface area contributed by atoms with Crippen LogP contribution in [0.1, 0.15) is 44.1 Å². The number of ether oxygens (including phenoxy) is 1. The summed E-state index contributed by atoms with van der Waals surface area (Å²) in [5, 5.41) is 9.92. The van der Waals surface area contributed by atoms with E-state index in [0.29, 0.717) is 29.9 Å². The predicted molar refractivity (Wildman–Crippen MR) is 113 cm³/mol. The lowest BCUT2D eigenvalue weighted by molar-refractivity contribution is -0.137. The van der Waals surface area contributed by atoms with Gasteiger partial charge >= 0.3 is 5.97 Å². The second kappa shape index (κ2) is 9.59. The largest absolute Gasteiger partial charge is 0.497 e. The van der Waals surface area contributed by atoms with Gasteiger partial charge < -0.3 is 9.84 Å². The van der Waals surface area contributed by atoms with Crippen molar-refractivity contribution in [1.29, 1.82) is 0 Å². The molecule has 2 aliphatic carbocycles. The molecule has 3 rings (SSSR count). The minimum Gasteiger partial charge on any atom is -0.497 e. The van der Waals surface area contributed by atoms with E-state index in [2.05, 4.69) is 16.9 Å². The van der Waals surface area contributed by atoms with Gasteiger partial charge in [0.2, 0.25) is 10.0 Å². The number of methoxy groups -OCH3 is 1. The zero-order valence-corrected chi connectivity index (χ0v) is 17.5. The zero-order valence-electron chi connectivity index (χ0n) is 16.7. The highest BCUT2D eigenvalue weighted by atomic mass is 32.2. The van der Waals surface area contributed by atoms with E-state index < -0.39 is 16.0 Å². The lowest BCUT2D eigenvalue weighted by Crippen LogP contribution is -2.40. The summed E-state index contributed by atoms with van der Waals surface area (Å²) in [5.74, 6) is 1.16. The monoisotopic (exact) mass is 419 g/mol. The first kappa shape index (κ1) is 21.6. The topological polar surface area (TPSA) is 92.7 Å². The quantitative estimate of drug-likeness (QED) is 0.444. The number of nitrogens with one attached hydrogen (secondary N) is 1. The Labute approximate surface area is 172 Å². The molecule has 0 aromatic heterocycles. The van der Waals surface area contributed by atoms with Crippen molar-refractivity contribution < 1.29 is 23.1 Å². The number of carboxylic acid groups (broad SMARTS) is 1. The van der Waals surface area contributed by atoms with E-state index in [0.717, 1.165) is 31.2 Å². The number of hydrogen-bond acceptors (Lipinski definition) is 4. The van der Waals surface area contributed by atoms with Gasteiger partial charge in [-0.25, -0.2) is 13.1 Å². The first-order valence-electron chi connectivity index (χ1n) is 10.1. The highest BCUT2D eigenvalue weighted by Gasteiger charge is 2.46. The van der Waals surface area contributed by atoms with Crippen molar-refractivity contribution >= 4 is 22.1 Å². The van der Waals surface area contributed by atoms with Crippen LogP contribution in [0.5, 0.6) is 5.75 Å². The molecule has 0 spiro atoms. The minimum atomic E-state index is -3.53. The Morgan fingerprint density at radius 1 is 1.31 bits per heavy atom. The van der Waals surface area contributed by atoms with E-state index in [1.54, 1.807) is 19.3 Å². The molecular formula is C22H29NO5S. The van der Waals surface area contributed by atoms with E-state index in [1.165, 1.54) is 5.41 Å². The first-order valence-corrected chi connectivity index (χ1v) is 11.6. The van der Waals surface area contributed by atoms with Crippen molar-refractivity contribution in [2.24, 2.45) is 17.8 Å². The average molecular weight is 420 g/mol. The Morgan fingerprint density at radius 2 is 2.14 bits per heavy atom. The molecule has 1 aromatic rings.